The maximum Gasteiger partial charge on any atom is 0.0634 e. The molecule has 0 spiro atoms. The third kappa shape index (κ3) is 2.01. The average molecular weight is 400 g/mol. The topological polar surface area (TPSA) is 4.93 Å². The molecular weight excluding hydrogens is 382 g/mol. The van der Waals surface area contributed by atoms with Crippen molar-refractivity contribution < 1.29 is 0 Å². The normalized spacial score (nSPS) is 12.0. The number of hydrogen-bond acceptors (Lipinski definition) is 1. The van der Waals surface area contributed by atoms with Gasteiger partial charge in [-0.2, -0.15) is 0 Å². The standard InChI is InChI=1S/C28H17NS/c1-2-10-18(11-3-1)29-23-16-8-6-14-21(23)26-27(29)20-13-5-4-12-19(20)25-22-15-7-9-17-24(22)30-28(25)26/h1-17H. The van der Waals surface area contributed by atoms with Gasteiger partial charge in [-0.25, -0.2) is 0 Å². The van der Waals surface area contributed by atoms with Crippen LogP contribution in [0.4, 0.5) is 0 Å². The van der Waals surface area contributed by atoms with E-state index in [0.29, 0.717) is 0 Å². The van der Waals surface area contributed by atoms with Crippen LogP contribution in [0.15, 0.2) is 103 Å². The quantitative estimate of drug-likeness (QED) is 0.262. The summed E-state index contributed by atoms with van der Waals surface area (Å²) in [6, 6.07) is 37.3. The van der Waals surface area contributed by atoms with E-state index in [1.54, 1.807) is 0 Å². The van der Waals surface area contributed by atoms with Crippen LogP contribution in [0.2, 0.25) is 0 Å². The molecule has 0 aliphatic carbocycles. The van der Waals surface area contributed by atoms with Crippen LogP contribution in [0.5, 0.6) is 0 Å². The molecule has 7 aromatic rings. The highest BCUT2D eigenvalue weighted by Gasteiger charge is 2.20. The summed E-state index contributed by atoms with van der Waals surface area (Å²) in [5.41, 5.74) is 3.76. The molecule has 0 aliphatic heterocycles. The summed E-state index contributed by atoms with van der Waals surface area (Å²) in [6.07, 6.45) is 0. The number of benzene rings is 5. The highest BCUT2D eigenvalue weighted by atomic mass is 32.1. The number of hydrogen-bond donors (Lipinski definition) is 0. The molecule has 0 amide bonds. The van der Waals surface area contributed by atoms with Crippen molar-refractivity contribution in [3.63, 3.8) is 0 Å². The highest BCUT2D eigenvalue weighted by molar-refractivity contribution is 7.27. The van der Waals surface area contributed by atoms with E-state index in [1.807, 2.05) is 11.3 Å². The Morgan fingerprint density at radius 1 is 0.500 bits per heavy atom. The van der Waals surface area contributed by atoms with Gasteiger partial charge in [0.1, 0.15) is 0 Å². The lowest BCUT2D eigenvalue weighted by Crippen LogP contribution is -1.93. The SMILES string of the molecule is c1ccc(-n2c3ccccc3c3c4sc5ccccc5c4c4ccccc4c32)cc1. The van der Waals surface area contributed by atoms with Crippen molar-refractivity contribution in [3.8, 4) is 5.69 Å². The first-order valence-corrected chi connectivity index (χ1v) is 11.0. The van der Waals surface area contributed by atoms with Crippen LogP contribution in [-0.4, -0.2) is 4.57 Å². The third-order valence-electron chi connectivity index (χ3n) is 6.16. The van der Waals surface area contributed by atoms with Gasteiger partial charge in [0.2, 0.25) is 0 Å². The van der Waals surface area contributed by atoms with E-state index in [9.17, 15) is 0 Å². The zero-order valence-corrected chi connectivity index (χ0v) is 17.0. The van der Waals surface area contributed by atoms with Crippen LogP contribution in [0.3, 0.4) is 0 Å². The van der Waals surface area contributed by atoms with Crippen LogP contribution >= 0.6 is 11.3 Å². The van der Waals surface area contributed by atoms with E-state index in [1.165, 1.54) is 58.4 Å². The summed E-state index contributed by atoms with van der Waals surface area (Å²) in [5.74, 6) is 0. The van der Waals surface area contributed by atoms with Gasteiger partial charge in [0.05, 0.1) is 11.0 Å². The van der Waals surface area contributed by atoms with Gasteiger partial charge in [-0.3, -0.25) is 0 Å². The molecule has 0 radical (unpaired) electrons. The zero-order chi connectivity index (χ0) is 19.7. The van der Waals surface area contributed by atoms with Crippen molar-refractivity contribution in [2.75, 3.05) is 0 Å². The zero-order valence-electron chi connectivity index (χ0n) is 16.2. The van der Waals surface area contributed by atoms with Gasteiger partial charge in [-0.05, 0) is 29.7 Å². The number of fused-ring (bicyclic) bond motifs is 10. The Bertz CT molecular complexity index is 1740. The predicted molar refractivity (Wildman–Crippen MR) is 131 cm³/mol. The molecule has 0 bridgehead atoms. The molecule has 0 saturated carbocycles. The number of nitrogens with zero attached hydrogens (tertiary/aromatic N) is 1. The van der Waals surface area contributed by atoms with E-state index in [0.717, 1.165) is 0 Å². The van der Waals surface area contributed by atoms with Crippen molar-refractivity contribution in [2.24, 2.45) is 0 Å². The van der Waals surface area contributed by atoms with Crippen molar-refractivity contribution in [3.05, 3.63) is 103 Å². The van der Waals surface area contributed by atoms with E-state index in [2.05, 4.69) is 108 Å². The molecule has 0 aliphatic rings. The number of rotatable bonds is 1. The van der Waals surface area contributed by atoms with Crippen molar-refractivity contribution in [2.45, 2.75) is 0 Å². The summed E-state index contributed by atoms with van der Waals surface area (Å²) in [5, 5.41) is 8.06. The molecule has 0 N–H and O–H groups in total. The first kappa shape index (κ1) is 16.2. The Hall–Kier alpha value is -3.62. The molecule has 0 unspecified atom stereocenters. The molecule has 2 aromatic heterocycles. The fourth-order valence-electron chi connectivity index (χ4n) is 4.97. The molecule has 1 nitrogen and oxygen atoms in total. The van der Waals surface area contributed by atoms with E-state index in [4.69, 9.17) is 0 Å². The predicted octanol–water partition coefficient (Wildman–Crippen LogP) is 8.30. The second-order valence-corrected chi connectivity index (χ2v) is 8.81. The first-order chi connectivity index (χ1) is 14.9. The van der Waals surface area contributed by atoms with Gasteiger partial charge in [0.25, 0.3) is 0 Å². The molecule has 2 heterocycles. The summed E-state index contributed by atoms with van der Waals surface area (Å²) in [4.78, 5) is 0. The molecule has 2 heteroatoms. The summed E-state index contributed by atoms with van der Waals surface area (Å²) in [6.45, 7) is 0. The molecule has 7 rings (SSSR count). The van der Waals surface area contributed by atoms with E-state index in [-0.39, 0.29) is 0 Å². The van der Waals surface area contributed by atoms with Gasteiger partial charge in [0, 0.05) is 42.0 Å². The van der Waals surface area contributed by atoms with Crippen molar-refractivity contribution in [1.82, 2.24) is 4.57 Å². The van der Waals surface area contributed by atoms with Gasteiger partial charge in [-0.15, -0.1) is 11.3 Å². The van der Waals surface area contributed by atoms with Crippen LogP contribution in [0.25, 0.3) is 58.4 Å². The maximum atomic E-state index is 2.44. The molecule has 0 atom stereocenters. The minimum atomic E-state index is 1.20. The lowest BCUT2D eigenvalue weighted by molar-refractivity contribution is 1.19. The van der Waals surface area contributed by atoms with Crippen molar-refractivity contribution >= 4 is 64.1 Å². The average Bonchev–Trinajstić information content (AvgIpc) is 3.36. The lowest BCUT2D eigenvalue weighted by Gasteiger charge is -2.10. The van der Waals surface area contributed by atoms with Gasteiger partial charge < -0.3 is 4.57 Å². The Kier molecular flexibility index (Phi) is 3.21. The van der Waals surface area contributed by atoms with E-state index < -0.39 is 0 Å². The van der Waals surface area contributed by atoms with Gasteiger partial charge in [-0.1, -0.05) is 78.9 Å². The molecule has 5 aromatic carbocycles. The minimum absolute atomic E-state index is 1.20. The molecular formula is C28H17NS. The van der Waals surface area contributed by atoms with Crippen molar-refractivity contribution in [1.29, 1.82) is 0 Å². The Morgan fingerprint density at radius 2 is 1.13 bits per heavy atom. The van der Waals surface area contributed by atoms with Gasteiger partial charge in [0.15, 0.2) is 0 Å². The summed E-state index contributed by atoms with van der Waals surface area (Å²) < 4.78 is 5.18. The summed E-state index contributed by atoms with van der Waals surface area (Å²) >= 11 is 1.92. The van der Waals surface area contributed by atoms with Crippen LogP contribution < -0.4 is 0 Å². The Labute approximate surface area is 177 Å². The Morgan fingerprint density at radius 3 is 1.97 bits per heavy atom. The Balaban J connectivity index is 1.88. The van der Waals surface area contributed by atoms with Crippen LogP contribution in [0, 0.1) is 0 Å². The molecule has 0 fully saturated rings. The van der Waals surface area contributed by atoms with Crippen LogP contribution in [0.1, 0.15) is 0 Å². The molecule has 30 heavy (non-hydrogen) atoms. The number of para-hydroxylation sites is 2. The summed E-state index contributed by atoms with van der Waals surface area (Å²) in [7, 11) is 0. The first-order valence-electron chi connectivity index (χ1n) is 10.2. The minimum Gasteiger partial charge on any atom is -0.309 e. The molecule has 140 valence electrons. The van der Waals surface area contributed by atoms with Crippen LogP contribution in [-0.2, 0) is 0 Å². The fraction of sp³-hybridized carbons (Fsp3) is 0. The molecule has 0 saturated heterocycles. The van der Waals surface area contributed by atoms with Gasteiger partial charge >= 0.3 is 0 Å². The maximum absolute atomic E-state index is 2.44. The second kappa shape index (κ2) is 5.94. The largest absolute Gasteiger partial charge is 0.309 e. The monoisotopic (exact) mass is 399 g/mol. The lowest BCUT2D eigenvalue weighted by atomic mass is 10.00. The smallest absolute Gasteiger partial charge is 0.0634 e. The third-order valence-corrected chi connectivity index (χ3v) is 7.35. The second-order valence-electron chi connectivity index (χ2n) is 7.76. The fourth-order valence-corrected chi connectivity index (χ4v) is 6.24. The number of thiophene rings is 1. The van der Waals surface area contributed by atoms with E-state index >= 15 is 0 Å². The highest BCUT2D eigenvalue weighted by Crippen LogP contribution is 2.47. The number of aromatic nitrogens is 1.